The minimum atomic E-state index is -4.41. The standard InChI is InChI=1S/C18H24F3N7O2.HI/c1-22-17(24-8-12-5-6-23-16(7-12)30-11-18(19,20)21)25-13-3-4-15-26-14(10-29-2)27-28(15)9-13;/h5-7,13H,3-4,8-11H2,1-2H3,(H2,22,24,25);1H. The first-order valence-corrected chi connectivity index (χ1v) is 9.39. The van der Waals surface area contributed by atoms with E-state index in [0.29, 0.717) is 31.5 Å². The number of rotatable bonds is 7. The Morgan fingerprint density at radius 2 is 2.19 bits per heavy atom. The number of aryl methyl sites for hydroxylation is 1. The fourth-order valence-electron chi connectivity index (χ4n) is 3.04. The number of methoxy groups -OCH3 is 1. The molecule has 0 aromatic carbocycles. The first kappa shape index (κ1) is 25.1. The zero-order valence-corrected chi connectivity index (χ0v) is 19.5. The van der Waals surface area contributed by atoms with Gasteiger partial charge in [-0.25, -0.2) is 14.6 Å². The summed E-state index contributed by atoms with van der Waals surface area (Å²) in [7, 11) is 3.26. The average molecular weight is 555 g/mol. The first-order valence-electron chi connectivity index (χ1n) is 9.39. The molecule has 0 bridgehead atoms. The van der Waals surface area contributed by atoms with Gasteiger partial charge in [-0.1, -0.05) is 0 Å². The van der Waals surface area contributed by atoms with Crippen molar-refractivity contribution in [1.29, 1.82) is 0 Å². The molecule has 2 N–H and O–H groups in total. The van der Waals surface area contributed by atoms with Crippen LogP contribution in [-0.2, 0) is 30.9 Å². The molecule has 1 aliphatic heterocycles. The van der Waals surface area contributed by atoms with Crippen molar-refractivity contribution in [3.05, 3.63) is 35.5 Å². The molecule has 0 amide bonds. The van der Waals surface area contributed by atoms with Gasteiger partial charge >= 0.3 is 6.18 Å². The number of alkyl halides is 3. The number of nitrogens with zero attached hydrogens (tertiary/aromatic N) is 5. The average Bonchev–Trinajstić information content (AvgIpc) is 3.11. The summed E-state index contributed by atoms with van der Waals surface area (Å²) >= 11 is 0. The summed E-state index contributed by atoms with van der Waals surface area (Å²) in [6.07, 6.45) is -1.34. The number of halogens is 4. The van der Waals surface area contributed by atoms with Crippen molar-refractivity contribution < 1.29 is 22.6 Å². The molecule has 9 nitrogen and oxygen atoms in total. The molecule has 1 aliphatic rings. The Hall–Kier alpha value is -2.16. The molecule has 3 heterocycles. The van der Waals surface area contributed by atoms with Gasteiger partial charge in [-0.15, -0.1) is 24.0 Å². The van der Waals surface area contributed by atoms with Gasteiger partial charge in [-0.3, -0.25) is 4.99 Å². The van der Waals surface area contributed by atoms with Crippen LogP contribution in [0, 0.1) is 0 Å². The predicted molar refractivity (Wildman–Crippen MR) is 117 cm³/mol. The summed E-state index contributed by atoms with van der Waals surface area (Å²) < 4.78 is 48.5. The van der Waals surface area contributed by atoms with Crippen LogP contribution in [0.15, 0.2) is 23.3 Å². The van der Waals surface area contributed by atoms with Crippen LogP contribution in [0.3, 0.4) is 0 Å². The van der Waals surface area contributed by atoms with Crippen molar-refractivity contribution in [3.8, 4) is 5.88 Å². The van der Waals surface area contributed by atoms with Crippen LogP contribution in [0.2, 0.25) is 0 Å². The summed E-state index contributed by atoms with van der Waals surface area (Å²) in [5.41, 5.74) is 0.719. The highest BCUT2D eigenvalue weighted by atomic mass is 127. The topological polar surface area (TPSA) is 98.5 Å². The fraction of sp³-hybridized carbons (Fsp3) is 0.556. The Morgan fingerprint density at radius 1 is 1.39 bits per heavy atom. The Kier molecular flexibility index (Phi) is 9.28. The van der Waals surface area contributed by atoms with Gasteiger partial charge in [0.05, 0.1) is 6.54 Å². The number of aromatic nitrogens is 4. The van der Waals surface area contributed by atoms with Crippen molar-refractivity contribution in [2.24, 2.45) is 4.99 Å². The number of hydrogen-bond donors (Lipinski definition) is 2. The Balaban J connectivity index is 0.00000341. The van der Waals surface area contributed by atoms with Crippen LogP contribution in [0.25, 0.3) is 0 Å². The molecular weight excluding hydrogens is 530 g/mol. The van der Waals surface area contributed by atoms with Crippen LogP contribution < -0.4 is 15.4 Å². The lowest BCUT2D eigenvalue weighted by molar-refractivity contribution is -0.154. The number of pyridine rings is 1. The van der Waals surface area contributed by atoms with E-state index in [1.807, 2.05) is 4.68 Å². The van der Waals surface area contributed by atoms with Crippen LogP contribution in [0.1, 0.15) is 23.6 Å². The Labute approximate surface area is 194 Å². The van der Waals surface area contributed by atoms with E-state index in [1.165, 1.54) is 12.3 Å². The normalized spacial score (nSPS) is 16.3. The maximum absolute atomic E-state index is 12.3. The van der Waals surface area contributed by atoms with E-state index in [0.717, 1.165) is 24.2 Å². The van der Waals surface area contributed by atoms with Crippen molar-refractivity contribution in [1.82, 2.24) is 30.4 Å². The molecule has 0 saturated heterocycles. The summed E-state index contributed by atoms with van der Waals surface area (Å²) in [6, 6.07) is 3.27. The SMILES string of the molecule is CN=C(NCc1ccnc(OCC(F)(F)F)c1)NC1CCc2nc(COC)nn2C1.I. The zero-order valence-electron chi connectivity index (χ0n) is 17.1. The van der Waals surface area contributed by atoms with E-state index in [-0.39, 0.29) is 35.9 Å². The smallest absolute Gasteiger partial charge is 0.422 e. The molecule has 1 atom stereocenters. The predicted octanol–water partition coefficient (Wildman–Crippen LogP) is 2.06. The Bertz CT molecular complexity index is 876. The highest BCUT2D eigenvalue weighted by molar-refractivity contribution is 14.0. The largest absolute Gasteiger partial charge is 0.468 e. The molecule has 0 fully saturated rings. The number of nitrogens with one attached hydrogen (secondary N) is 2. The second-order valence-electron chi connectivity index (χ2n) is 6.77. The monoisotopic (exact) mass is 555 g/mol. The third kappa shape index (κ3) is 7.79. The molecule has 31 heavy (non-hydrogen) atoms. The molecule has 3 rings (SSSR count). The molecule has 2 aromatic heterocycles. The van der Waals surface area contributed by atoms with E-state index in [1.54, 1.807) is 20.2 Å². The van der Waals surface area contributed by atoms with Gasteiger partial charge in [0, 0.05) is 45.4 Å². The van der Waals surface area contributed by atoms with Crippen molar-refractivity contribution >= 4 is 29.9 Å². The van der Waals surface area contributed by atoms with Crippen molar-refractivity contribution in [3.63, 3.8) is 0 Å². The highest BCUT2D eigenvalue weighted by Crippen LogP contribution is 2.17. The molecule has 2 aromatic rings. The summed E-state index contributed by atoms with van der Waals surface area (Å²) in [5, 5.41) is 10.9. The van der Waals surface area contributed by atoms with Crippen molar-refractivity contribution in [2.75, 3.05) is 20.8 Å². The highest BCUT2D eigenvalue weighted by Gasteiger charge is 2.28. The summed E-state index contributed by atoms with van der Waals surface area (Å²) in [5.74, 6) is 2.10. The van der Waals surface area contributed by atoms with Crippen molar-refractivity contribution in [2.45, 2.75) is 44.8 Å². The molecule has 13 heteroatoms. The van der Waals surface area contributed by atoms with Gasteiger partial charge in [-0.2, -0.15) is 18.3 Å². The third-order valence-electron chi connectivity index (χ3n) is 4.38. The van der Waals surface area contributed by atoms with Gasteiger partial charge in [0.1, 0.15) is 12.4 Å². The van der Waals surface area contributed by atoms with Crippen LogP contribution in [0.5, 0.6) is 5.88 Å². The molecule has 1 unspecified atom stereocenters. The second kappa shape index (κ2) is 11.5. The minimum Gasteiger partial charge on any atom is -0.468 e. The number of hydrogen-bond acceptors (Lipinski definition) is 6. The van der Waals surface area contributed by atoms with Gasteiger partial charge < -0.3 is 20.1 Å². The number of aliphatic imine (C=N–C) groups is 1. The van der Waals surface area contributed by atoms with Gasteiger partial charge in [0.2, 0.25) is 5.88 Å². The lowest BCUT2D eigenvalue weighted by atomic mass is 10.1. The zero-order chi connectivity index (χ0) is 21.6. The Morgan fingerprint density at radius 3 is 2.90 bits per heavy atom. The van der Waals surface area contributed by atoms with E-state index >= 15 is 0 Å². The molecule has 0 radical (unpaired) electrons. The van der Waals surface area contributed by atoms with Gasteiger partial charge in [0.25, 0.3) is 0 Å². The summed E-state index contributed by atoms with van der Waals surface area (Å²) in [6.45, 7) is 0.00136. The lowest BCUT2D eigenvalue weighted by Gasteiger charge is -2.25. The fourth-order valence-corrected chi connectivity index (χ4v) is 3.04. The van der Waals surface area contributed by atoms with Gasteiger partial charge in [0.15, 0.2) is 18.4 Å². The van der Waals surface area contributed by atoms with Crippen LogP contribution in [0.4, 0.5) is 13.2 Å². The summed E-state index contributed by atoms with van der Waals surface area (Å²) in [4.78, 5) is 12.5. The van der Waals surface area contributed by atoms with Crippen LogP contribution >= 0.6 is 24.0 Å². The lowest BCUT2D eigenvalue weighted by Crippen LogP contribution is -2.46. The molecule has 0 saturated carbocycles. The number of ether oxygens (including phenoxy) is 2. The minimum absolute atomic E-state index is 0. The first-order chi connectivity index (χ1) is 14.4. The van der Waals surface area contributed by atoms with E-state index < -0.39 is 12.8 Å². The molecule has 0 spiro atoms. The second-order valence-corrected chi connectivity index (χ2v) is 6.77. The molecular formula is C18H25F3IN7O2. The third-order valence-corrected chi connectivity index (χ3v) is 4.38. The van der Waals surface area contributed by atoms with Gasteiger partial charge in [-0.05, 0) is 18.1 Å². The van der Waals surface area contributed by atoms with E-state index in [4.69, 9.17) is 4.74 Å². The van der Waals surface area contributed by atoms with E-state index in [9.17, 15) is 13.2 Å². The maximum atomic E-state index is 12.3. The quantitative estimate of drug-likeness (QED) is 0.307. The molecule has 0 aliphatic carbocycles. The maximum Gasteiger partial charge on any atom is 0.422 e. The van der Waals surface area contributed by atoms with Crippen LogP contribution in [-0.4, -0.2) is 58.7 Å². The number of fused-ring (bicyclic) bond motifs is 1. The number of guanidine groups is 1. The van der Waals surface area contributed by atoms with E-state index in [2.05, 4.69) is 35.4 Å². The molecule has 172 valence electrons.